The van der Waals surface area contributed by atoms with Gasteiger partial charge < -0.3 is 14.5 Å². The summed E-state index contributed by atoms with van der Waals surface area (Å²) in [5, 5.41) is 2.23. The molecule has 1 fully saturated rings. The van der Waals surface area contributed by atoms with Gasteiger partial charge in [-0.3, -0.25) is 4.79 Å². The third kappa shape index (κ3) is 3.44. The Kier molecular flexibility index (Phi) is 4.64. The van der Waals surface area contributed by atoms with Crippen molar-refractivity contribution in [1.82, 2.24) is 14.9 Å². The Balaban J connectivity index is 1.45. The molecule has 0 atom stereocenters. The average Bonchev–Trinajstić information content (AvgIpc) is 2.78. The van der Waals surface area contributed by atoms with E-state index in [9.17, 15) is 4.79 Å². The molecule has 3 aromatic rings. The smallest absolute Gasteiger partial charge is 0.254 e. The summed E-state index contributed by atoms with van der Waals surface area (Å²) in [6, 6.07) is 14.1. The fourth-order valence-corrected chi connectivity index (χ4v) is 4.23. The SMILES string of the molecule is Cc1nc2c(c(N3CCOCC3)n1)CN(C(=O)c1ccc3ccccc3c1)CC2. The van der Waals surface area contributed by atoms with Crippen LogP contribution in [-0.2, 0) is 17.7 Å². The van der Waals surface area contributed by atoms with E-state index in [0.717, 1.165) is 58.7 Å². The summed E-state index contributed by atoms with van der Waals surface area (Å²) in [5.74, 6) is 1.82. The third-order valence-corrected chi connectivity index (χ3v) is 5.74. The second-order valence-electron chi connectivity index (χ2n) is 7.66. The van der Waals surface area contributed by atoms with Gasteiger partial charge in [-0.25, -0.2) is 9.97 Å². The van der Waals surface area contributed by atoms with E-state index in [1.165, 1.54) is 0 Å². The molecule has 148 valence electrons. The van der Waals surface area contributed by atoms with Crippen molar-refractivity contribution in [3.63, 3.8) is 0 Å². The first-order valence-electron chi connectivity index (χ1n) is 10.2. The zero-order valence-corrected chi connectivity index (χ0v) is 16.6. The normalized spacial score (nSPS) is 16.7. The number of rotatable bonds is 2. The summed E-state index contributed by atoms with van der Waals surface area (Å²) in [5.41, 5.74) is 2.88. The summed E-state index contributed by atoms with van der Waals surface area (Å²) in [7, 11) is 0. The molecular formula is C23H24N4O2. The fraction of sp³-hybridized carbons (Fsp3) is 0.348. The molecule has 1 aromatic heterocycles. The molecule has 0 spiro atoms. The number of benzene rings is 2. The lowest BCUT2D eigenvalue weighted by atomic mass is 10.0. The minimum atomic E-state index is 0.0647. The van der Waals surface area contributed by atoms with Crippen molar-refractivity contribution in [2.24, 2.45) is 0 Å². The largest absolute Gasteiger partial charge is 0.378 e. The highest BCUT2D eigenvalue weighted by Crippen LogP contribution is 2.28. The van der Waals surface area contributed by atoms with Gasteiger partial charge in [0.25, 0.3) is 5.91 Å². The molecule has 1 amide bonds. The number of amides is 1. The van der Waals surface area contributed by atoms with Crippen LogP contribution in [0.15, 0.2) is 42.5 Å². The van der Waals surface area contributed by atoms with Gasteiger partial charge in [-0.15, -0.1) is 0 Å². The molecule has 3 heterocycles. The Hall–Kier alpha value is -2.99. The Morgan fingerprint density at radius 3 is 2.62 bits per heavy atom. The first-order chi connectivity index (χ1) is 14.2. The summed E-state index contributed by atoms with van der Waals surface area (Å²) in [6.45, 7) is 6.22. The van der Waals surface area contributed by atoms with Crippen LogP contribution in [0, 0.1) is 6.92 Å². The van der Waals surface area contributed by atoms with E-state index in [2.05, 4.69) is 16.0 Å². The Morgan fingerprint density at radius 2 is 1.79 bits per heavy atom. The molecule has 2 aromatic carbocycles. The predicted octanol–water partition coefficient (Wildman–Crippen LogP) is 2.97. The molecule has 0 bridgehead atoms. The number of ether oxygens (including phenoxy) is 1. The van der Waals surface area contributed by atoms with E-state index in [1.54, 1.807) is 0 Å². The number of anilines is 1. The van der Waals surface area contributed by atoms with Crippen molar-refractivity contribution < 1.29 is 9.53 Å². The quantitative estimate of drug-likeness (QED) is 0.676. The zero-order chi connectivity index (χ0) is 19.8. The molecule has 2 aliphatic rings. The minimum absolute atomic E-state index is 0.0647. The number of hydrogen-bond acceptors (Lipinski definition) is 5. The van der Waals surface area contributed by atoms with Crippen molar-refractivity contribution in [3.8, 4) is 0 Å². The van der Waals surface area contributed by atoms with Crippen molar-refractivity contribution >= 4 is 22.5 Å². The predicted molar refractivity (Wildman–Crippen MR) is 112 cm³/mol. The van der Waals surface area contributed by atoms with Gasteiger partial charge in [0.2, 0.25) is 0 Å². The molecule has 2 aliphatic heterocycles. The number of morpholine rings is 1. The summed E-state index contributed by atoms with van der Waals surface area (Å²) in [4.78, 5) is 26.9. The van der Waals surface area contributed by atoms with Crippen LogP contribution < -0.4 is 4.90 Å². The van der Waals surface area contributed by atoms with Gasteiger partial charge in [0.15, 0.2) is 0 Å². The molecular weight excluding hydrogens is 364 g/mol. The summed E-state index contributed by atoms with van der Waals surface area (Å²) < 4.78 is 5.50. The standard InChI is InChI=1S/C23H24N4O2/c1-16-24-21-8-9-27(15-20(21)22(25-16)26-10-12-29-13-11-26)23(28)19-7-6-17-4-2-3-5-18(17)14-19/h2-7,14H,8-13,15H2,1H3. The molecule has 0 N–H and O–H groups in total. The summed E-state index contributed by atoms with van der Waals surface area (Å²) in [6.07, 6.45) is 0.759. The van der Waals surface area contributed by atoms with Crippen LogP contribution in [-0.4, -0.2) is 53.6 Å². The number of nitrogens with zero attached hydrogens (tertiary/aromatic N) is 4. The van der Waals surface area contributed by atoms with Gasteiger partial charge in [-0.05, 0) is 29.8 Å². The zero-order valence-electron chi connectivity index (χ0n) is 16.6. The van der Waals surface area contributed by atoms with Crippen LogP contribution in [0.2, 0.25) is 0 Å². The number of carbonyl (C=O) groups excluding carboxylic acids is 1. The lowest BCUT2D eigenvalue weighted by Crippen LogP contribution is -2.41. The lowest BCUT2D eigenvalue weighted by Gasteiger charge is -2.34. The number of aryl methyl sites for hydroxylation is 1. The maximum atomic E-state index is 13.3. The highest BCUT2D eigenvalue weighted by molar-refractivity contribution is 5.98. The first kappa shape index (κ1) is 18.1. The van der Waals surface area contributed by atoms with Crippen molar-refractivity contribution in [3.05, 3.63) is 65.1 Å². The van der Waals surface area contributed by atoms with Gasteiger partial charge >= 0.3 is 0 Å². The fourth-order valence-electron chi connectivity index (χ4n) is 4.23. The van der Waals surface area contributed by atoms with E-state index >= 15 is 0 Å². The minimum Gasteiger partial charge on any atom is -0.378 e. The van der Waals surface area contributed by atoms with E-state index in [1.807, 2.05) is 48.2 Å². The second kappa shape index (κ2) is 7.44. The van der Waals surface area contributed by atoms with Crippen LogP contribution in [0.5, 0.6) is 0 Å². The summed E-state index contributed by atoms with van der Waals surface area (Å²) >= 11 is 0. The van der Waals surface area contributed by atoms with Crippen LogP contribution in [0.25, 0.3) is 10.8 Å². The molecule has 5 rings (SSSR count). The molecule has 0 radical (unpaired) electrons. The average molecular weight is 388 g/mol. The monoisotopic (exact) mass is 388 g/mol. The van der Waals surface area contributed by atoms with Crippen LogP contribution in [0.3, 0.4) is 0 Å². The van der Waals surface area contributed by atoms with E-state index in [4.69, 9.17) is 9.72 Å². The highest BCUT2D eigenvalue weighted by atomic mass is 16.5. The van der Waals surface area contributed by atoms with Gasteiger partial charge in [-0.2, -0.15) is 0 Å². The van der Waals surface area contributed by atoms with Gasteiger partial charge in [-0.1, -0.05) is 30.3 Å². The lowest BCUT2D eigenvalue weighted by molar-refractivity contribution is 0.0733. The van der Waals surface area contributed by atoms with Gasteiger partial charge in [0.05, 0.1) is 25.5 Å². The maximum absolute atomic E-state index is 13.3. The van der Waals surface area contributed by atoms with Crippen LogP contribution >= 0.6 is 0 Å². The highest BCUT2D eigenvalue weighted by Gasteiger charge is 2.28. The Bertz CT molecular complexity index is 1080. The molecule has 0 saturated carbocycles. The number of carbonyl (C=O) groups is 1. The van der Waals surface area contributed by atoms with Crippen LogP contribution in [0.1, 0.15) is 27.4 Å². The molecule has 29 heavy (non-hydrogen) atoms. The number of fused-ring (bicyclic) bond motifs is 2. The third-order valence-electron chi connectivity index (χ3n) is 5.74. The second-order valence-corrected chi connectivity index (χ2v) is 7.66. The maximum Gasteiger partial charge on any atom is 0.254 e. The Morgan fingerprint density at radius 1 is 1.00 bits per heavy atom. The molecule has 6 heteroatoms. The molecule has 1 saturated heterocycles. The van der Waals surface area contributed by atoms with E-state index < -0.39 is 0 Å². The van der Waals surface area contributed by atoms with E-state index in [0.29, 0.717) is 26.3 Å². The topological polar surface area (TPSA) is 58.6 Å². The van der Waals surface area contributed by atoms with Crippen LogP contribution in [0.4, 0.5) is 5.82 Å². The molecule has 0 aliphatic carbocycles. The van der Waals surface area contributed by atoms with Gasteiger partial charge in [0.1, 0.15) is 11.6 Å². The van der Waals surface area contributed by atoms with Crippen molar-refractivity contribution in [1.29, 1.82) is 0 Å². The first-order valence-corrected chi connectivity index (χ1v) is 10.2. The number of aromatic nitrogens is 2. The van der Waals surface area contributed by atoms with Crippen molar-refractivity contribution in [2.45, 2.75) is 19.9 Å². The Labute approximate surface area is 170 Å². The molecule has 0 unspecified atom stereocenters. The van der Waals surface area contributed by atoms with E-state index in [-0.39, 0.29) is 5.91 Å². The van der Waals surface area contributed by atoms with Crippen molar-refractivity contribution in [2.75, 3.05) is 37.7 Å². The van der Waals surface area contributed by atoms with Gasteiger partial charge in [0, 0.05) is 37.2 Å². The number of hydrogen-bond donors (Lipinski definition) is 0. The molecule has 6 nitrogen and oxygen atoms in total.